The first kappa shape index (κ1) is 67.6. The van der Waals surface area contributed by atoms with E-state index in [1.54, 1.807) is 0 Å². The molecular formula is C65H112O6. The van der Waals surface area contributed by atoms with E-state index in [4.69, 9.17) is 14.2 Å². The molecule has 0 aliphatic carbocycles. The number of hydrogen-bond donors (Lipinski definition) is 0. The lowest BCUT2D eigenvalue weighted by molar-refractivity contribution is -0.167. The van der Waals surface area contributed by atoms with E-state index >= 15 is 0 Å². The summed E-state index contributed by atoms with van der Waals surface area (Å²) in [4.78, 5) is 38.2. The summed E-state index contributed by atoms with van der Waals surface area (Å²) in [5, 5.41) is 0. The second-order valence-electron chi connectivity index (χ2n) is 19.9. The minimum Gasteiger partial charge on any atom is -0.462 e. The predicted octanol–water partition coefficient (Wildman–Crippen LogP) is 20.3. The summed E-state index contributed by atoms with van der Waals surface area (Å²) in [7, 11) is 0. The number of carbonyl (C=O) groups is 3. The van der Waals surface area contributed by atoms with E-state index in [2.05, 4.69) is 106 Å². The van der Waals surface area contributed by atoms with Crippen molar-refractivity contribution < 1.29 is 28.6 Å². The third-order valence-corrected chi connectivity index (χ3v) is 12.9. The van der Waals surface area contributed by atoms with Crippen LogP contribution in [0, 0.1) is 0 Å². The highest BCUT2D eigenvalue weighted by atomic mass is 16.6. The molecule has 0 N–H and O–H groups in total. The lowest BCUT2D eigenvalue weighted by Gasteiger charge is -2.18. The summed E-state index contributed by atoms with van der Waals surface area (Å²) < 4.78 is 16.9. The number of rotatable bonds is 54. The molecule has 0 spiro atoms. The van der Waals surface area contributed by atoms with Crippen molar-refractivity contribution in [3.8, 4) is 0 Å². The second kappa shape index (κ2) is 59.2. The lowest BCUT2D eigenvalue weighted by atomic mass is 10.1. The molecule has 6 heteroatoms. The van der Waals surface area contributed by atoms with E-state index in [0.717, 1.165) is 109 Å². The van der Waals surface area contributed by atoms with Crippen molar-refractivity contribution in [1.82, 2.24) is 0 Å². The molecule has 408 valence electrons. The quantitative estimate of drug-likeness (QED) is 0.0261. The number of esters is 3. The molecule has 0 bridgehead atoms. The van der Waals surface area contributed by atoms with Crippen LogP contribution in [0.5, 0.6) is 0 Å². The highest BCUT2D eigenvalue weighted by Gasteiger charge is 2.19. The number of allylic oxidation sites excluding steroid dienone is 14. The van der Waals surface area contributed by atoms with Crippen molar-refractivity contribution >= 4 is 17.9 Å². The van der Waals surface area contributed by atoms with Crippen LogP contribution in [0.2, 0.25) is 0 Å². The van der Waals surface area contributed by atoms with Gasteiger partial charge in [0.25, 0.3) is 0 Å². The fourth-order valence-electron chi connectivity index (χ4n) is 8.34. The van der Waals surface area contributed by atoms with Crippen LogP contribution >= 0.6 is 0 Å². The molecule has 6 nitrogen and oxygen atoms in total. The Hall–Kier alpha value is -3.41. The number of ether oxygens (including phenoxy) is 3. The molecule has 0 aromatic heterocycles. The molecule has 0 saturated carbocycles. The van der Waals surface area contributed by atoms with Crippen LogP contribution in [-0.2, 0) is 28.6 Å². The average molecular weight is 990 g/mol. The number of hydrogen-bond acceptors (Lipinski definition) is 6. The van der Waals surface area contributed by atoms with Crippen LogP contribution in [0.15, 0.2) is 85.1 Å². The molecule has 0 aromatic rings. The Bertz CT molecular complexity index is 1370. The minimum atomic E-state index is -0.794. The molecule has 0 amide bonds. The van der Waals surface area contributed by atoms with Crippen molar-refractivity contribution in [2.45, 2.75) is 297 Å². The van der Waals surface area contributed by atoms with E-state index in [1.807, 2.05) is 0 Å². The molecule has 0 fully saturated rings. The number of carbonyl (C=O) groups excluding carboxylic acids is 3. The molecule has 1 atom stereocenters. The Morgan fingerprint density at radius 1 is 0.296 bits per heavy atom. The molecule has 0 aliphatic heterocycles. The van der Waals surface area contributed by atoms with E-state index in [9.17, 15) is 14.4 Å². The van der Waals surface area contributed by atoms with Crippen LogP contribution in [0.4, 0.5) is 0 Å². The maximum absolute atomic E-state index is 12.9. The van der Waals surface area contributed by atoms with Gasteiger partial charge in [0.05, 0.1) is 0 Å². The van der Waals surface area contributed by atoms with Gasteiger partial charge in [0.2, 0.25) is 0 Å². The molecule has 0 heterocycles. The van der Waals surface area contributed by atoms with Crippen LogP contribution in [0.25, 0.3) is 0 Å². The van der Waals surface area contributed by atoms with Gasteiger partial charge < -0.3 is 14.2 Å². The fourth-order valence-corrected chi connectivity index (χ4v) is 8.34. The molecule has 71 heavy (non-hydrogen) atoms. The van der Waals surface area contributed by atoms with Gasteiger partial charge in [-0.05, 0) is 116 Å². The maximum Gasteiger partial charge on any atom is 0.306 e. The zero-order chi connectivity index (χ0) is 51.4. The minimum absolute atomic E-state index is 0.0900. The summed E-state index contributed by atoms with van der Waals surface area (Å²) >= 11 is 0. The van der Waals surface area contributed by atoms with Crippen LogP contribution in [-0.4, -0.2) is 37.2 Å². The van der Waals surface area contributed by atoms with E-state index in [0.29, 0.717) is 19.3 Å². The van der Waals surface area contributed by atoms with E-state index < -0.39 is 6.10 Å². The van der Waals surface area contributed by atoms with Crippen LogP contribution in [0.3, 0.4) is 0 Å². The predicted molar refractivity (Wildman–Crippen MR) is 307 cm³/mol. The molecule has 0 aromatic carbocycles. The first-order valence-corrected chi connectivity index (χ1v) is 30.1. The highest BCUT2D eigenvalue weighted by molar-refractivity contribution is 5.71. The zero-order valence-electron chi connectivity index (χ0n) is 46.7. The van der Waals surface area contributed by atoms with Gasteiger partial charge in [0.15, 0.2) is 6.10 Å². The SMILES string of the molecule is CC/C=C\C/C=C\C/C=C\C/C=C\CCCCCCC(=O)OCC(COC(=O)CCCCCCCCC/C=C\C/C=C\CCCCCC)OC(=O)CCCCCCCCC/C=C\CCCCCCCCC. The van der Waals surface area contributed by atoms with Gasteiger partial charge >= 0.3 is 17.9 Å². The van der Waals surface area contributed by atoms with Crippen LogP contribution < -0.4 is 0 Å². The summed E-state index contributed by atoms with van der Waals surface area (Å²) in [5.41, 5.74) is 0. The van der Waals surface area contributed by atoms with Gasteiger partial charge in [-0.25, -0.2) is 0 Å². The lowest BCUT2D eigenvalue weighted by Crippen LogP contribution is -2.30. The summed E-state index contributed by atoms with van der Waals surface area (Å²) in [5.74, 6) is -0.917. The summed E-state index contributed by atoms with van der Waals surface area (Å²) in [6, 6.07) is 0. The van der Waals surface area contributed by atoms with Gasteiger partial charge in [-0.2, -0.15) is 0 Å². The number of unbranched alkanes of at least 4 members (excludes halogenated alkanes) is 29. The largest absolute Gasteiger partial charge is 0.462 e. The van der Waals surface area contributed by atoms with Crippen molar-refractivity contribution in [3.05, 3.63) is 85.1 Å². The van der Waals surface area contributed by atoms with Gasteiger partial charge in [-0.15, -0.1) is 0 Å². The topological polar surface area (TPSA) is 78.9 Å². The Balaban J connectivity index is 4.44. The Morgan fingerprint density at radius 3 is 0.887 bits per heavy atom. The molecule has 0 aliphatic rings. The Morgan fingerprint density at radius 2 is 0.549 bits per heavy atom. The fraction of sp³-hybridized carbons (Fsp3) is 0.738. The Kier molecular flexibility index (Phi) is 56.3. The van der Waals surface area contributed by atoms with Crippen molar-refractivity contribution in [1.29, 1.82) is 0 Å². The normalized spacial score (nSPS) is 12.7. The average Bonchev–Trinajstić information content (AvgIpc) is 3.37. The standard InChI is InChI=1S/C65H112O6/c1-4-7-10-13-16-19-22-25-28-31-34-37-40-43-46-49-52-55-58-64(67)70-61-62(60-69-63(66)57-54-51-48-45-42-39-36-33-30-27-24-21-18-15-12-9-6-3)71-65(68)59-56-53-50-47-44-41-38-35-32-29-26-23-20-17-14-11-8-5-2/h9,12,18-19,21-22,27-32,36,39,62H,4-8,10-11,13-17,20,23-26,33-35,37-38,40-61H2,1-3H3/b12-9-,21-18-,22-19-,30-27-,31-28-,32-29-,39-36-. The van der Waals surface area contributed by atoms with Gasteiger partial charge in [0, 0.05) is 19.3 Å². The van der Waals surface area contributed by atoms with Crippen molar-refractivity contribution in [3.63, 3.8) is 0 Å². The van der Waals surface area contributed by atoms with Gasteiger partial charge in [-0.1, -0.05) is 241 Å². The van der Waals surface area contributed by atoms with E-state index in [1.165, 1.54) is 141 Å². The molecule has 0 saturated heterocycles. The molecule has 0 radical (unpaired) electrons. The van der Waals surface area contributed by atoms with E-state index in [-0.39, 0.29) is 31.1 Å². The third kappa shape index (κ3) is 57.4. The third-order valence-electron chi connectivity index (χ3n) is 12.9. The highest BCUT2D eigenvalue weighted by Crippen LogP contribution is 2.15. The molecular weight excluding hydrogens is 877 g/mol. The summed E-state index contributed by atoms with van der Waals surface area (Å²) in [6.45, 7) is 6.50. The first-order chi connectivity index (χ1) is 35.0. The maximum atomic E-state index is 12.9. The van der Waals surface area contributed by atoms with Crippen molar-refractivity contribution in [2.75, 3.05) is 13.2 Å². The zero-order valence-corrected chi connectivity index (χ0v) is 46.7. The molecule has 1 unspecified atom stereocenters. The monoisotopic (exact) mass is 989 g/mol. The van der Waals surface area contributed by atoms with Gasteiger partial charge in [-0.3, -0.25) is 14.4 Å². The van der Waals surface area contributed by atoms with Crippen LogP contribution in [0.1, 0.15) is 290 Å². The summed E-state index contributed by atoms with van der Waals surface area (Å²) in [6.07, 6.45) is 77.1. The first-order valence-electron chi connectivity index (χ1n) is 30.1. The second-order valence-corrected chi connectivity index (χ2v) is 19.9. The smallest absolute Gasteiger partial charge is 0.306 e. The van der Waals surface area contributed by atoms with Crippen molar-refractivity contribution in [2.24, 2.45) is 0 Å². The van der Waals surface area contributed by atoms with Gasteiger partial charge in [0.1, 0.15) is 13.2 Å². The Labute approximate surface area is 439 Å². The molecule has 0 rings (SSSR count).